The molecule has 1 aliphatic rings. The summed E-state index contributed by atoms with van der Waals surface area (Å²) in [5, 5.41) is 1.09. The number of nitrogens with two attached hydrogens (primary N) is 1. The number of rotatable bonds is 4. The minimum absolute atomic E-state index is 0.157. The Morgan fingerprint density at radius 3 is 2.48 bits per heavy atom. The first-order valence-electron chi connectivity index (χ1n) is 9.88. The smallest absolute Gasteiger partial charge is 0.253 e. The molecule has 4 rings (SSSR count). The number of likely N-dealkylation sites (tertiary alicyclic amines) is 1. The van der Waals surface area contributed by atoms with E-state index in [1.165, 1.54) is 12.0 Å². The second kappa shape index (κ2) is 7.57. The maximum Gasteiger partial charge on any atom is 0.253 e. The summed E-state index contributed by atoms with van der Waals surface area (Å²) in [6, 6.07) is 16.7. The lowest BCUT2D eigenvalue weighted by molar-refractivity contribution is 0.0724. The van der Waals surface area contributed by atoms with Gasteiger partial charge in [0.15, 0.2) is 0 Å². The molecule has 0 bridgehead atoms. The van der Waals surface area contributed by atoms with Gasteiger partial charge in [0.05, 0.1) is 5.52 Å². The average molecular weight is 361 g/mol. The van der Waals surface area contributed by atoms with E-state index < -0.39 is 0 Å². The van der Waals surface area contributed by atoms with E-state index in [1.54, 1.807) is 0 Å². The van der Waals surface area contributed by atoms with Crippen molar-refractivity contribution in [2.45, 2.75) is 32.1 Å². The van der Waals surface area contributed by atoms with Crippen LogP contribution in [-0.4, -0.2) is 35.0 Å². The van der Waals surface area contributed by atoms with Crippen LogP contribution in [0.25, 0.3) is 16.6 Å². The van der Waals surface area contributed by atoms with Crippen molar-refractivity contribution in [1.82, 2.24) is 9.47 Å². The number of hydrogen-bond acceptors (Lipinski definition) is 2. The van der Waals surface area contributed by atoms with Crippen molar-refractivity contribution in [3.05, 3.63) is 65.9 Å². The molecule has 0 saturated carbocycles. The highest BCUT2D eigenvalue weighted by Gasteiger charge is 2.18. The highest BCUT2D eigenvalue weighted by molar-refractivity contribution is 5.98. The van der Waals surface area contributed by atoms with Gasteiger partial charge < -0.3 is 15.2 Å². The molecule has 1 fully saturated rings. The van der Waals surface area contributed by atoms with Gasteiger partial charge in [-0.15, -0.1) is 0 Å². The van der Waals surface area contributed by atoms with Gasteiger partial charge in [-0.25, -0.2) is 0 Å². The Morgan fingerprint density at radius 1 is 1.04 bits per heavy atom. The summed E-state index contributed by atoms with van der Waals surface area (Å²) in [4.78, 5) is 14.7. The molecule has 0 spiro atoms. The number of carbonyl (C=O) groups is 1. The number of fused-ring (bicyclic) bond motifs is 1. The Kier molecular flexibility index (Phi) is 4.99. The third-order valence-electron chi connectivity index (χ3n) is 5.67. The second-order valence-electron chi connectivity index (χ2n) is 7.54. The van der Waals surface area contributed by atoms with E-state index >= 15 is 0 Å². The van der Waals surface area contributed by atoms with Crippen molar-refractivity contribution in [2.24, 2.45) is 5.73 Å². The van der Waals surface area contributed by atoms with E-state index in [4.69, 9.17) is 5.73 Å². The number of aromatic nitrogens is 1. The van der Waals surface area contributed by atoms with E-state index in [-0.39, 0.29) is 5.91 Å². The molecule has 0 aliphatic carbocycles. The highest BCUT2D eigenvalue weighted by atomic mass is 16.2. The van der Waals surface area contributed by atoms with Crippen LogP contribution in [0, 0.1) is 0 Å². The van der Waals surface area contributed by atoms with E-state index in [9.17, 15) is 4.79 Å². The second-order valence-corrected chi connectivity index (χ2v) is 7.54. The Labute approximate surface area is 160 Å². The quantitative estimate of drug-likeness (QED) is 0.752. The average Bonchev–Trinajstić information content (AvgIpc) is 3.16. The number of benzene rings is 2. The predicted octanol–water partition coefficient (Wildman–Crippen LogP) is 4.32. The third kappa shape index (κ3) is 3.50. The number of amides is 1. The van der Waals surface area contributed by atoms with Crippen LogP contribution in [0.4, 0.5) is 0 Å². The fraction of sp³-hybridized carbons (Fsp3) is 0.348. The van der Waals surface area contributed by atoms with Crippen molar-refractivity contribution in [3.63, 3.8) is 0 Å². The van der Waals surface area contributed by atoms with Crippen molar-refractivity contribution in [3.8, 4) is 5.69 Å². The lowest BCUT2D eigenvalue weighted by Gasteiger charge is -2.26. The summed E-state index contributed by atoms with van der Waals surface area (Å²) in [7, 11) is 0. The van der Waals surface area contributed by atoms with Gasteiger partial charge in [0.25, 0.3) is 5.91 Å². The van der Waals surface area contributed by atoms with E-state index in [0.717, 1.165) is 48.1 Å². The molecule has 1 aliphatic heterocycles. The van der Waals surface area contributed by atoms with Gasteiger partial charge in [-0.1, -0.05) is 19.1 Å². The predicted molar refractivity (Wildman–Crippen MR) is 110 cm³/mol. The molecule has 3 aromatic rings. The zero-order valence-electron chi connectivity index (χ0n) is 15.9. The van der Waals surface area contributed by atoms with Gasteiger partial charge in [0.1, 0.15) is 0 Å². The molecular weight excluding hydrogens is 334 g/mol. The Hall–Kier alpha value is -2.59. The standard InChI is InChI=1S/C23H27N3O/c1-17(16-24)18-5-8-21(9-6-18)26-14-11-19-15-20(7-10-22(19)26)23(27)25-12-3-2-4-13-25/h5-11,14-15,17H,2-4,12-13,16,24H2,1H3. The van der Waals surface area contributed by atoms with Crippen molar-refractivity contribution >= 4 is 16.8 Å². The fourth-order valence-electron chi connectivity index (χ4n) is 3.88. The third-order valence-corrected chi connectivity index (χ3v) is 5.67. The van der Waals surface area contributed by atoms with Gasteiger partial charge in [0.2, 0.25) is 0 Å². The van der Waals surface area contributed by atoms with Gasteiger partial charge >= 0.3 is 0 Å². The highest BCUT2D eigenvalue weighted by Crippen LogP contribution is 2.24. The van der Waals surface area contributed by atoms with Gasteiger partial charge in [-0.2, -0.15) is 0 Å². The molecular formula is C23H27N3O. The molecule has 1 aromatic heterocycles. The molecule has 4 nitrogen and oxygen atoms in total. The first-order chi connectivity index (χ1) is 13.2. The molecule has 140 valence electrons. The number of piperidine rings is 1. The number of nitrogens with zero attached hydrogens (tertiary/aromatic N) is 2. The van der Waals surface area contributed by atoms with Crippen LogP contribution >= 0.6 is 0 Å². The van der Waals surface area contributed by atoms with Crippen molar-refractivity contribution < 1.29 is 4.79 Å². The molecule has 1 unspecified atom stereocenters. The topological polar surface area (TPSA) is 51.3 Å². The summed E-state index contributed by atoms with van der Waals surface area (Å²) >= 11 is 0. The first-order valence-corrected chi connectivity index (χ1v) is 9.88. The van der Waals surface area contributed by atoms with Crippen LogP contribution in [0.15, 0.2) is 54.7 Å². The molecule has 1 saturated heterocycles. The Morgan fingerprint density at radius 2 is 1.78 bits per heavy atom. The summed E-state index contributed by atoms with van der Waals surface area (Å²) < 4.78 is 2.17. The maximum atomic E-state index is 12.8. The van der Waals surface area contributed by atoms with Crippen LogP contribution in [0.5, 0.6) is 0 Å². The minimum atomic E-state index is 0.157. The van der Waals surface area contributed by atoms with Crippen LogP contribution in [0.1, 0.15) is 48.0 Å². The maximum absolute atomic E-state index is 12.8. The number of hydrogen-bond donors (Lipinski definition) is 1. The van der Waals surface area contributed by atoms with Crippen molar-refractivity contribution in [1.29, 1.82) is 0 Å². The SMILES string of the molecule is CC(CN)c1ccc(-n2ccc3cc(C(=O)N4CCCCC4)ccc32)cc1. The molecule has 2 aromatic carbocycles. The van der Waals surface area contributed by atoms with Gasteiger partial charge in [-0.3, -0.25) is 4.79 Å². The Bertz CT molecular complexity index is 936. The van der Waals surface area contributed by atoms with E-state index in [0.29, 0.717) is 12.5 Å². The normalized spacial score (nSPS) is 15.9. The van der Waals surface area contributed by atoms with E-state index in [1.807, 2.05) is 17.0 Å². The number of carbonyl (C=O) groups excluding carboxylic acids is 1. The zero-order valence-corrected chi connectivity index (χ0v) is 15.9. The molecule has 1 amide bonds. The minimum Gasteiger partial charge on any atom is -0.339 e. The molecule has 2 heterocycles. The molecule has 2 N–H and O–H groups in total. The zero-order chi connectivity index (χ0) is 18.8. The van der Waals surface area contributed by atoms with Crippen LogP contribution in [0.3, 0.4) is 0 Å². The lowest BCUT2D eigenvalue weighted by Crippen LogP contribution is -2.35. The fourth-order valence-corrected chi connectivity index (χ4v) is 3.88. The summed E-state index contributed by atoms with van der Waals surface area (Å²) in [6.07, 6.45) is 5.53. The molecule has 0 radical (unpaired) electrons. The van der Waals surface area contributed by atoms with E-state index in [2.05, 4.69) is 54.1 Å². The summed E-state index contributed by atoms with van der Waals surface area (Å²) in [5.41, 5.74) is 10.0. The molecule has 4 heteroatoms. The van der Waals surface area contributed by atoms with Crippen LogP contribution in [0.2, 0.25) is 0 Å². The van der Waals surface area contributed by atoms with Crippen LogP contribution in [-0.2, 0) is 0 Å². The van der Waals surface area contributed by atoms with Gasteiger partial charge in [-0.05, 0) is 73.7 Å². The van der Waals surface area contributed by atoms with Crippen molar-refractivity contribution in [2.75, 3.05) is 19.6 Å². The molecule has 1 atom stereocenters. The monoisotopic (exact) mass is 361 g/mol. The largest absolute Gasteiger partial charge is 0.339 e. The van der Waals surface area contributed by atoms with Crippen LogP contribution < -0.4 is 5.73 Å². The summed E-state index contributed by atoms with van der Waals surface area (Å²) in [5.74, 6) is 0.522. The summed E-state index contributed by atoms with van der Waals surface area (Å²) in [6.45, 7) is 4.55. The Balaban J connectivity index is 1.61. The molecule has 27 heavy (non-hydrogen) atoms. The lowest BCUT2D eigenvalue weighted by atomic mass is 10.0. The van der Waals surface area contributed by atoms with Gasteiger partial charge in [0, 0.05) is 35.9 Å². The first kappa shape index (κ1) is 17.8.